The summed E-state index contributed by atoms with van der Waals surface area (Å²) >= 11 is 0. The van der Waals surface area contributed by atoms with Gasteiger partial charge in [-0.1, -0.05) is 0 Å². The average Bonchev–Trinajstić information content (AvgIpc) is 3.27. The second-order valence-electron chi connectivity index (χ2n) is 4.51. The Balaban J connectivity index is 1.71. The Morgan fingerprint density at radius 3 is 2.37 bits per heavy atom. The van der Waals surface area contributed by atoms with Gasteiger partial charge in [0.2, 0.25) is 5.91 Å². The number of rotatable bonds is 5. The Labute approximate surface area is 111 Å². The minimum atomic E-state index is -0.204. The number of nitrogens with zero attached hydrogens (tertiary/aromatic N) is 1. The van der Waals surface area contributed by atoms with Gasteiger partial charge in [0.1, 0.15) is 0 Å². The Bertz CT molecular complexity index is 512. The van der Waals surface area contributed by atoms with E-state index in [1.54, 1.807) is 24.3 Å². The molecule has 0 atom stereocenters. The van der Waals surface area contributed by atoms with Crippen LogP contribution in [0.1, 0.15) is 28.8 Å². The van der Waals surface area contributed by atoms with Crippen LogP contribution in [0.4, 0.5) is 0 Å². The van der Waals surface area contributed by atoms with Crippen molar-refractivity contribution in [1.82, 2.24) is 10.6 Å². The van der Waals surface area contributed by atoms with E-state index >= 15 is 0 Å². The highest BCUT2D eigenvalue weighted by Crippen LogP contribution is 2.28. The van der Waals surface area contributed by atoms with E-state index in [0.29, 0.717) is 24.2 Å². The van der Waals surface area contributed by atoms with Crippen LogP contribution in [0.5, 0.6) is 0 Å². The third-order valence-corrected chi connectivity index (χ3v) is 2.93. The normalized spacial score (nSPS) is 13.4. The topological polar surface area (TPSA) is 82.0 Å². The van der Waals surface area contributed by atoms with Crippen molar-refractivity contribution in [2.75, 3.05) is 13.1 Å². The van der Waals surface area contributed by atoms with Crippen molar-refractivity contribution in [3.63, 3.8) is 0 Å². The number of amides is 2. The SMILES string of the molecule is N#Cc1ccc(C(=O)NCCNC(=O)C2CC2)cc1. The molecule has 98 valence electrons. The highest BCUT2D eigenvalue weighted by Gasteiger charge is 2.28. The fourth-order valence-corrected chi connectivity index (χ4v) is 1.65. The summed E-state index contributed by atoms with van der Waals surface area (Å²) in [6.07, 6.45) is 1.95. The molecule has 0 aliphatic heterocycles. The summed E-state index contributed by atoms with van der Waals surface area (Å²) in [5.74, 6) is 0.0620. The molecule has 0 radical (unpaired) electrons. The minimum Gasteiger partial charge on any atom is -0.354 e. The Morgan fingerprint density at radius 1 is 1.16 bits per heavy atom. The molecule has 5 nitrogen and oxygen atoms in total. The van der Waals surface area contributed by atoms with Crippen LogP contribution in [-0.2, 0) is 4.79 Å². The molecular formula is C14H15N3O2. The Hall–Kier alpha value is -2.35. The standard InChI is InChI=1S/C14H15N3O2/c15-9-10-1-3-11(4-2-10)13(18)16-7-8-17-14(19)12-5-6-12/h1-4,12H,5-8H2,(H,16,18)(H,17,19). The van der Waals surface area contributed by atoms with Gasteiger partial charge in [0.05, 0.1) is 11.6 Å². The lowest BCUT2D eigenvalue weighted by Crippen LogP contribution is -2.35. The van der Waals surface area contributed by atoms with Gasteiger partial charge in [0.15, 0.2) is 0 Å². The number of hydrogen-bond donors (Lipinski definition) is 2. The van der Waals surface area contributed by atoms with Gasteiger partial charge < -0.3 is 10.6 Å². The van der Waals surface area contributed by atoms with Crippen LogP contribution in [0.25, 0.3) is 0 Å². The maximum atomic E-state index is 11.7. The molecular weight excluding hydrogens is 242 g/mol. The maximum absolute atomic E-state index is 11.7. The lowest BCUT2D eigenvalue weighted by Gasteiger charge is -2.06. The van der Waals surface area contributed by atoms with E-state index in [1.807, 2.05) is 6.07 Å². The molecule has 0 saturated heterocycles. The van der Waals surface area contributed by atoms with Crippen LogP contribution >= 0.6 is 0 Å². The van der Waals surface area contributed by atoms with Crippen LogP contribution in [0.2, 0.25) is 0 Å². The van der Waals surface area contributed by atoms with Gasteiger partial charge in [-0.3, -0.25) is 9.59 Å². The Kier molecular flexibility index (Phi) is 4.14. The summed E-state index contributed by atoms with van der Waals surface area (Å²) in [6, 6.07) is 8.41. The molecule has 1 aromatic carbocycles. The molecule has 2 amide bonds. The molecule has 1 aliphatic carbocycles. The first kappa shape index (κ1) is 13.1. The zero-order valence-corrected chi connectivity index (χ0v) is 10.5. The number of nitrogens with one attached hydrogen (secondary N) is 2. The molecule has 0 unspecified atom stereocenters. The average molecular weight is 257 g/mol. The predicted molar refractivity (Wildman–Crippen MR) is 69.2 cm³/mol. The zero-order chi connectivity index (χ0) is 13.7. The van der Waals surface area contributed by atoms with Crippen molar-refractivity contribution >= 4 is 11.8 Å². The van der Waals surface area contributed by atoms with Crippen molar-refractivity contribution in [1.29, 1.82) is 5.26 Å². The van der Waals surface area contributed by atoms with E-state index in [0.717, 1.165) is 12.8 Å². The molecule has 5 heteroatoms. The third-order valence-electron chi connectivity index (χ3n) is 2.93. The first-order chi connectivity index (χ1) is 9.20. The monoisotopic (exact) mass is 257 g/mol. The van der Waals surface area contributed by atoms with E-state index in [-0.39, 0.29) is 17.7 Å². The van der Waals surface area contributed by atoms with Crippen molar-refractivity contribution in [2.24, 2.45) is 5.92 Å². The van der Waals surface area contributed by atoms with E-state index in [9.17, 15) is 9.59 Å². The van der Waals surface area contributed by atoms with Gasteiger partial charge >= 0.3 is 0 Å². The fraction of sp³-hybridized carbons (Fsp3) is 0.357. The molecule has 2 rings (SSSR count). The highest BCUT2D eigenvalue weighted by atomic mass is 16.2. The van der Waals surface area contributed by atoms with Crippen LogP contribution < -0.4 is 10.6 Å². The van der Waals surface area contributed by atoms with Gasteiger partial charge in [-0.05, 0) is 37.1 Å². The smallest absolute Gasteiger partial charge is 0.251 e. The van der Waals surface area contributed by atoms with E-state index in [2.05, 4.69) is 10.6 Å². The predicted octanol–water partition coefficient (Wildman–Crippen LogP) is 0.814. The quantitative estimate of drug-likeness (QED) is 0.766. The van der Waals surface area contributed by atoms with Gasteiger partial charge in [-0.15, -0.1) is 0 Å². The van der Waals surface area contributed by atoms with Crippen molar-refractivity contribution in [2.45, 2.75) is 12.8 Å². The first-order valence-corrected chi connectivity index (χ1v) is 6.27. The fourth-order valence-electron chi connectivity index (χ4n) is 1.65. The van der Waals surface area contributed by atoms with Gasteiger partial charge in [-0.2, -0.15) is 5.26 Å². The summed E-state index contributed by atoms with van der Waals surface area (Å²) in [5.41, 5.74) is 1.03. The van der Waals surface area contributed by atoms with Crippen LogP contribution in [0, 0.1) is 17.2 Å². The summed E-state index contributed by atoms with van der Waals surface area (Å²) in [7, 11) is 0. The van der Waals surface area contributed by atoms with Gasteiger partial charge in [0, 0.05) is 24.6 Å². The summed E-state index contributed by atoms with van der Waals surface area (Å²) in [4.78, 5) is 23.1. The largest absolute Gasteiger partial charge is 0.354 e. The Morgan fingerprint density at radius 2 is 1.79 bits per heavy atom. The van der Waals surface area contributed by atoms with E-state index in [4.69, 9.17) is 5.26 Å². The molecule has 1 aromatic rings. The number of carbonyl (C=O) groups is 2. The lowest BCUT2D eigenvalue weighted by molar-refractivity contribution is -0.122. The van der Waals surface area contributed by atoms with Crippen molar-refractivity contribution in [3.05, 3.63) is 35.4 Å². The summed E-state index contributed by atoms with van der Waals surface area (Å²) in [6.45, 7) is 0.842. The van der Waals surface area contributed by atoms with E-state index < -0.39 is 0 Å². The van der Waals surface area contributed by atoms with Crippen molar-refractivity contribution in [3.8, 4) is 6.07 Å². The molecule has 0 aromatic heterocycles. The summed E-state index contributed by atoms with van der Waals surface area (Å²) in [5, 5.41) is 14.1. The molecule has 0 spiro atoms. The highest BCUT2D eigenvalue weighted by molar-refractivity contribution is 5.94. The second-order valence-corrected chi connectivity index (χ2v) is 4.51. The van der Waals surface area contributed by atoms with Crippen molar-refractivity contribution < 1.29 is 9.59 Å². The number of nitriles is 1. The van der Waals surface area contributed by atoms with E-state index in [1.165, 1.54) is 0 Å². The minimum absolute atomic E-state index is 0.0765. The molecule has 1 aliphatic rings. The molecule has 0 heterocycles. The number of hydrogen-bond acceptors (Lipinski definition) is 3. The molecule has 0 bridgehead atoms. The lowest BCUT2D eigenvalue weighted by atomic mass is 10.1. The first-order valence-electron chi connectivity index (χ1n) is 6.27. The third kappa shape index (κ3) is 3.81. The molecule has 19 heavy (non-hydrogen) atoms. The van der Waals surface area contributed by atoms with Crippen LogP contribution in [-0.4, -0.2) is 24.9 Å². The zero-order valence-electron chi connectivity index (χ0n) is 10.5. The number of carbonyl (C=O) groups excluding carboxylic acids is 2. The molecule has 2 N–H and O–H groups in total. The molecule has 1 fully saturated rings. The maximum Gasteiger partial charge on any atom is 0.251 e. The van der Waals surface area contributed by atoms with Gasteiger partial charge in [-0.25, -0.2) is 0 Å². The second kappa shape index (κ2) is 6.01. The van der Waals surface area contributed by atoms with Crippen LogP contribution in [0.3, 0.4) is 0 Å². The van der Waals surface area contributed by atoms with Crippen LogP contribution in [0.15, 0.2) is 24.3 Å². The summed E-state index contributed by atoms with van der Waals surface area (Å²) < 4.78 is 0. The van der Waals surface area contributed by atoms with Gasteiger partial charge in [0.25, 0.3) is 5.91 Å². The number of benzene rings is 1. The molecule has 1 saturated carbocycles.